The van der Waals surface area contributed by atoms with Gasteiger partial charge in [0.1, 0.15) is 18.2 Å². The smallest absolute Gasteiger partial charge is 0.251 e. The Labute approximate surface area is 126 Å². The maximum Gasteiger partial charge on any atom is 0.251 e. The molecule has 1 aromatic carbocycles. The number of hydrogen-bond donors (Lipinski definition) is 1. The number of halogens is 2. The summed E-state index contributed by atoms with van der Waals surface area (Å²) in [6.45, 7) is 0.255. The first-order chi connectivity index (χ1) is 10.1. The molecule has 0 aliphatic heterocycles. The Morgan fingerprint density at radius 2 is 2.19 bits per heavy atom. The van der Waals surface area contributed by atoms with Crippen molar-refractivity contribution in [3.8, 4) is 0 Å². The summed E-state index contributed by atoms with van der Waals surface area (Å²) >= 11 is 5.69. The van der Waals surface area contributed by atoms with E-state index in [1.54, 1.807) is 18.2 Å². The third-order valence-electron chi connectivity index (χ3n) is 2.65. The number of hydrogen-bond acceptors (Lipinski definition) is 3. The van der Waals surface area contributed by atoms with Crippen LogP contribution in [0.15, 0.2) is 42.6 Å². The topological polar surface area (TPSA) is 51.2 Å². The number of carbonyl (C=O) groups is 1. The first kappa shape index (κ1) is 15.4. The number of amides is 1. The highest BCUT2D eigenvalue weighted by molar-refractivity contribution is 6.30. The molecule has 6 heteroatoms. The number of rotatable bonds is 6. The van der Waals surface area contributed by atoms with Crippen molar-refractivity contribution in [2.75, 3.05) is 18.5 Å². The molecule has 0 bridgehead atoms. The van der Waals surface area contributed by atoms with Gasteiger partial charge >= 0.3 is 0 Å². The monoisotopic (exact) mass is 308 g/mol. The Morgan fingerprint density at radius 1 is 1.33 bits per heavy atom. The third-order valence-corrected chi connectivity index (χ3v) is 2.88. The lowest BCUT2D eigenvalue weighted by molar-refractivity contribution is -0.120. The van der Waals surface area contributed by atoms with Crippen molar-refractivity contribution in [1.82, 2.24) is 4.98 Å². The number of nitrogens with zero attached hydrogens (tertiary/aromatic N) is 1. The van der Waals surface area contributed by atoms with Crippen LogP contribution in [-0.2, 0) is 16.0 Å². The SMILES string of the molecule is O=C(COCCc1cccc(F)c1)Nc1ccc(Cl)cn1. The molecule has 0 atom stereocenters. The highest BCUT2D eigenvalue weighted by Gasteiger charge is 2.03. The zero-order chi connectivity index (χ0) is 15.1. The maximum absolute atomic E-state index is 13.0. The standard InChI is InChI=1S/C15H14ClFN2O2/c16-12-4-5-14(18-9-12)19-15(20)10-21-7-6-11-2-1-3-13(17)8-11/h1-5,8-9H,6-7,10H2,(H,18,19,20). The quantitative estimate of drug-likeness (QED) is 0.834. The molecule has 1 N–H and O–H groups in total. The van der Waals surface area contributed by atoms with Crippen molar-refractivity contribution in [2.24, 2.45) is 0 Å². The molecule has 0 saturated carbocycles. The minimum absolute atomic E-state index is 0.0837. The summed E-state index contributed by atoms with van der Waals surface area (Å²) in [5, 5.41) is 3.08. The largest absolute Gasteiger partial charge is 0.371 e. The zero-order valence-electron chi connectivity index (χ0n) is 11.2. The van der Waals surface area contributed by atoms with E-state index in [0.717, 1.165) is 5.56 Å². The van der Waals surface area contributed by atoms with Crippen LogP contribution in [0.4, 0.5) is 10.2 Å². The molecule has 4 nitrogen and oxygen atoms in total. The lowest BCUT2D eigenvalue weighted by Gasteiger charge is -2.06. The van der Waals surface area contributed by atoms with Crippen molar-refractivity contribution < 1.29 is 13.9 Å². The molecule has 2 aromatic rings. The van der Waals surface area contributed by atoms with E-state index < -0.39 is 0 Å². The molecule has 0 aliphatic carbocycles. The van der Waals surface area contributed by atoms with Crippen LogP contribution in [0.3, 0.4) is 0 Å². The second-order valence-corrected chi connectivity index (χ2v) is 4.78. The van der Waals surface area contributed by atoms with Gasteiger partial charge in [0.15, 0.2) is 0 Å². The summed E-state index contributed by atoms with van der Waals surface area (Å²) in [5.74, 6) is -0.166. The molecule has 1 heterocycles. The van der Waals surface area contributed by atoms with Gasteiger partial charge < -0.3 is 10.1 Å². The fourth-order valence-corrected chi connectivity index (χ4v) is 1.79. The summed E-state index contributed by atoms with van der Waals surface area (Å²) in [7, 11) is 0. The van der Waals surface area contributed by atoms with E-state index in [-0.39, 0.29) is 18.3 Å². The van der Waals surface area contributed by atoms with Gasteiger partial charge in [-0.15, -0.1) is 0 Å². The third kappa shape index (κ3) is 5.49. The average molecular weight is 309 g/mol. The van der Waals surface area contributed by atoms with Gasteiger partial charge in [0.05, 0.1) is 11.6 Å². The molecule has 0 radical (unpaired) electrons. The van der Waals surface area contributed by atoms with Gasteiger partial charge in [-0.25, -0.2) is 9.37 Å². The van der Waals surface area contributed by atoms with Crippen LogP contribution < -0.4 is 5.32 Å². The van der Waals surface area contributed by atoms with Gasteiger partial charge in [-0.3, -0.25) is 4.79 Å². The molecule has 1 aromatic heterocycles. The Balaban J connectivity index is 1.68. The fraction of sp³-hybridized carbons (Fsp3) is 0.200. The number of nitrogens with one attached hydrogen (secondary N) is 1. The number of carbonyl (C=O) groups excluding carboxylic acids is 1. The Hall–Kier alpha value is -1.98. The van der Waals surface area contributed by atoms with Gasteiger partial charge in [-0.1, -0.05) is 23.7 Å². The second kappa shape index (κ2) is 7.71. The highest BCUT2D eigenvalue weighted by atomic mass is 35.5. The first-order valence-corrected chi connectivity index (χ1v) is 6.75. The van der Waals surface area contributed by atoms with Crippen LogP contribution in [0.5, 0.6) is 0 Å². The van der Waals surface area contributed by atoms with Crippen LogP contribution in [0.2, 0.25) is 5.02 Å². The molecule has 0 unspecified atom stereocenters. The lowest BCUT2D eigenvalue weighted by Crippen LogP contribution is -2.19. The van der Waals surface area contributed by atoms with E-state index in [1.807, 2.05) is 6.07 Å². The predicted octanol–water partition coefficient (Wildman–Crippen LogP) is 3.07. The summed E-state index contributed by atoms with van der Waals surface area (Å²) in [6.07, 6.45) is 1.99. The Kier molecular flexibility index (Phi) is 5.66. The minimum Gasteiger partial charge on any atom is -0.371 e. The summed E-state index contributed by atoms with van der Waals surface area (Å²) in [6, 6.07) is 9.52. The van der Waals surface area contributed by atoms with Crippen LogP contribution >= 0.6 is 11.6 Å². The molecular weight excluding hydrogens is 295 g/mol. The second-order valence-electron chi connectivity index (χ2n) is 4.34. The molecule has 21 heavy (non-hydrogen) atoms. The van der Waals surface area contributed by atoms with Crippen molar-refractivity contribution >= 4 is 23.3 Å². The number of aromatic nitrogens is 1. The fourth-order valence-electron chi connectivity index (χ4n) is 1.68. The number of ether oxygens (including phenoxy) is 1. The van der Waals surface area contributed by atoms with Gasteiger partial charge in [0, 0.05) is 6.20 Å². The van der Waals surface area contributed by atoms with Crippen molar-refractivity contribution in [3.05, 3.63) is 59.0 Å². The predicted molar refractivity (Wildman–Crippen MR) is 78.8 cm³/mol. The van der Waals surface area contributed by atoms with E-state index in [2.05, 4.69) is 10.3 Å². The van der Waals surface area contributed by atoms with Gasteiger partial charge in [-0.05, 0) is 36.2 Å². The normalized spacial score (nSPS) is 10.4. The van der Waals surface area contributed by atoms with E-state index in [9.17, 15) is 9.18 Å². The lowest BCUT2D eigenvalue weighted by atomic mass is 10.2. The Morgan fingerprint density at radius 3 is 2.90 bits per heavy atom. The molecule has 1 amide bonds. The van der Waals surface area contributed by atoms with E-state index in [0.29, 0.717) is 23.9 Å². The summed E-state index contributed by atoms with van der Waals surface area (Å²) in [5.41, 5.74) is 0.828. The van der Waals surface area contributed by atoms with E-state index >= 15 is 0 Å². The van der Waals surface area contributed by atoms with Crippen molar-refractivity contribution in [2.45, 2.75) is 6.42 Å². The zero-order valence-corrected chi connectivity index (χ0v) is 11.9. The number of anilines is 1. The highest BCUT2D eigenvalue weighted by Crippen LogP contribution is 2.09. The molecule has 0 spiro atoms. The maximum atomic E-state index is 13.0. The van der Waals surface area contributed by atoms with Crippen LogP contribution in [-0.4, -0.2) is 24.1 Å². The average Bonchev–Trinajstić information content (AvgIpc) is 2.46. The van der Waals surface area contributed by atoms with Gasteiger partial charge in [-0.2, -0.15) is 0 Å². The van der Waals surface area contributed by atoms with E-state index in [4.69, 9.17) is 16.3 Å². The Bertz CT molecular complexity index is 605. The van der Waals surface area contributed by atoms with Crippen LogP contribution in [0, 0.1) is 5.82 Å². The summed E-state index contributed by atoms with van der Waals surface area (Å²) in [4.78, 5) is 15.5. The molecule has 110 valence electrons. The molecule has 0 aliphatic rings. The van der Waals surface area contributed by atoms with Gasteiger partial charge in [0.25, 0.3) is 5.91 Å². The van der Waals surface area contributed by atoms with Crippen molar-refractivity contribution in [1.29, 1.82) is 0 Å². The number of pyridine rings is 1. The van der Waals surface area contributed by atoms with Crippen molar-refractivity contribution in [3.63, 3.8) is 0 Å². The van der Waals surface area contributed by atoms with Crippen LogP contribution in [0.25, 0.3) is 0 Å². The van der Waals surface area contributed by atoms with E-state index in [1.165, 1.54) is 18.3 Å². The molecular formula is C15H14ClFN2O2. The molecule has 0 fully saturated rings. The first-order valence-electron chi connectivity index (χ1n) is 6.37. The summed E-state index contributed by atoms with van der Waals surface area (Å²) < 4.78 is 18.2. The van der Waals surface area contributed by atoms with Gasteiger partial charge in [0.2, 0.25) is 0 Å². The minimum atomic E-state index is -0.302. The molecule has 0 saturated heterocycles. The van der Waals surface area contributed by atoms with Crippen LogP contribution in [0.1, 0.15) is 5.56 Å². The molecule has 2 rings (SSSR count). The number of benzene rings is 1.